The van der Waals surface area contributed by atoms with Crippen LogP contribution >= 0.6 is 0 Å². The highest BCUT2D eigenvalue weighted by Gasteiger charge is 2.27. The van der Waals surface area contributed by atoms with E-state index < -0.39 is 0 Å². The van der Waals surface area contributed by atoms with E-state index in [1.807, 2.05) is 12.1 Å². The van der Waals surface area contributed by atoms with Gasteiger partial charge < -0.3 is 15.2 Å². The monoisotopic (exact) mass is 249 g/mol. The largest absolute Gasteiger partial charge is 0.508 e. The summed E-state index contributed by atoms with van der Waals surface area (Å²) in [5.74, 6) is 0.328. The minimum absolute atomic E-state index is 0.328. The molecule has 0 spiro atoms. The molecule has 0 amide bonds. The molecule has 1 saturated carbocycles. The maximum atomic E-state index is 9.26. The molecule has 0 aliphatic heterocycles. The third-order valence-corrected chi connectivity index (χ3v) is 3.73. The maximum Gasteiger partial charge on any atom is 0.115 e. The van der Waals surface area contributed by atoms with E-state index in [0.717, 1.165) is 6.42 Å². The lowest BCUT2D eigenvalue weighted by Crippen LogP contribution is -2.42. The number of hydrogen-bond donors (Lipinski definition) is 2. The number of phenolic OH excluding ortho intramolecular Hbond substituents is 1. The van der Waals surface area contributed by atoms with Crippen LogP contribution in [0.15, 0.2) is 24.3 Å². The lowest BCUT2D eigenvalue weighted by atomic mass is 10.1. The van der Waals surface area contributed by atoms with Crippen LogP contribution in [0.2, 0.25) is 0 Å². The van der Waals surface area contributed by atoms with Gasteiger partial charge in [-0.05, 0) is 50.3 Å². The standard InChI is InChI=1S/C15H23NO2/c1-11(10-12-6-8-13(17)9-7-12)16-14-4-3-5-15(14)18-2/h6-9,11,14-17H,3-5,10H2,1-2H3. The summed E-state index contributed by atoms with van der Waals surface area (Å²) in [5, 5.41) is 12.9. The van der Waals surface area contributed by atoms with E-state index in [-0.39, 0.29) is 0 Å². The lowest BCUT2D eigenvalue weighted by Gasteiger charge is -2.24. The Morgan fingerprint density at radius 1 is 1.33 bits per heavy atom. The Morgan fingerprint density at radius 3 is 2.72 bits per heavy atom. The summed E-state index contributed by atoms with van der Waals surface area (Å²) in [7, 11) is 1.80. The summed E-state index contributed by atoms with van der Waals surface area (Å²) in [6.45, 7) is 2.21. The first-order valence-electron chi connectivity index (χ1n) is 6.76. The molecule has 0 radical (unpaired) electrons. The van der Waals surface area contributed by atoms with Crippen LogP contribution in [0.1, 0.15) is 31.7 Å². The minimum atomic E-state index is 0.328. The number of benzene rings is 1. The van der Waals surface area contributed by atoms with Gasteiger partial charge in [-0.3, -0.25) is 0 Å². The van der Waals surface area contributed by atoms with Gasteiger partial charge in [-0.1, -0.05) is 12.1 Å². The SMILES string of the molecule is COC1CCCC1NC(C)Cc1ccc(O)cc1. The number of hydrogen-bond acceptors (Lipinski definition) is 3. The topological polar surface area (TPSA) is 41.5 Å². The Kier molecular flexibility index (Phi) is 4.61. The Hall–Kier alpha value is -1.06. The molecule has 1 fully saturated rings. The fourth-order valence-corrected chi connectivity index (χ4v) is 2.81. The quantitative estimate of drug-likeness (QED) is 0.842. The molecule has 2 rings (SSSR count). The summed E-state index contributed by atoms with van der Waals surface area (Å²) in [4.78, 5) is 0. The Bertz CT molecular complexity index is 363. The molecule has 0 heterocycles. The van der Waals surface area contributed by atoms with Crippen molar-refractivity contribution in [2.24, 2.45) is 0 Å². The van der Waals surface area contributed by atoms with Crippen LogP contribution in [0.4, 0.5) is 0 Å². The molecular formula is C15H23NO2. The molecule has 0 bridgehead atoms. The van der Waals surface area contributed by atoms with Crippen molar-refractivity contribution in [3.8, 4) is 5.75 Å². The van der Waals surface area contributed by atoms with E-state index in [9.17, 15) is 5.11 Å². The Labute approximate surface area is 109 Å². The minimum Gasteiger partial charge on any atom is -0.508 e. The Morgan fingerprint density at radius 2 is 2.06 bits per heavy atom. The van der Waals surface area contributed by atoms with E-state index in [1.165, 1.54) is 24.8 Å². The fraction of sp³-hybridized carbons (Fsp3) is 0.600. The maximum absolute atomic E-state index is 9.26. The zero-order chi connectivity index (χ0) is 13.0. The molecule has 0 saturated heterocycles. The average Bonchev–Trinajstić information content (AvgIpc) is 2.79. The second kappa shape index (κ2) is 6.21. The van der Waals surface area contributed by atoms with Crippen LogP contribution in [0.5, 0.6) is 5.75 Å². The highest BCUT2D eigenvalue weighted by molar-refractivity contribution is 5.26. The predicted octanol–water partition coefficient (Wildman–Crippen LogP) is 2.48. The van der Waals surface area contributed by atoms with Crippen molar-refractivity contribution in [1.82, 2.24) is 5.32 Å². The first-order valence-corrected chi connectivity index (χ1v) is 6.76. The highest BCUT2D eigenvalue weighted by Crippen LogP contribution is 2.22. The molecule has 1 aliphatic rings. The molecule has 1 aromatic rings. The van der Waals surface area contributed by atoms with Crippen molar-refractivity contribution >= 4 is 0 Å². The van der Waals surface area contributed by atoms with Gasteiger partial charge in [-0.25, -0.2) is 0 Å². The van der Waals surface area contributed by atoms with Gasteiger partial charge in [0.2, 0.25) is 0 Å². The number of nitrogens with one attached hydrogen (secondary N) is 1. The molecule has 1 aromatic carbocycles. The van der Waals surface area contributed by atoms with Crippen molar-refractivity contribution in [3.05, 3.63) is 29.8 Å². The van der Waals surface area contributed by atoms with Crippen LogP contribution in [0.25, 0.3) is 0 Å². The Balaban J connectivity index is 1.84. The van der Waals surface area contributed by atoms with E-state index >= 15 is 0 Å². The first-order chi connectivity index (χ1) is 8.69. The van der Waals surface area contributed by atoms with Crippen LogP contribution < -0.4 is 5.32 Å². The molecule has 3 heteroatoms. The molecule has 100 valence electrons. The summed E-state index contributed by atoms with van der Waals surface area (Å²) in [6, 6.07) is 8.37. The zero-order valence-corrected chi connectivity index (χ0v) is 11.2. The second-order valence-electron chi connectivity index (χ2n) is 5.25. The molecular weight excluding hydrogens is 226 g/mol. The normalized spacial score (nSPS) is 25.2. The molecule has 0 aromatic heterocycles. The molecule has 3 unspecified atom stereocenters. The summed E-state index contributed by atoms with van der Waals surface area (Å²) in [6.07, 6.45) is 4.97. The van der Waals surface area contributed by atoms with Crippen molar-refractivity contribution in [2.45, 2.75) is 50.8 Å². The van der Waals surface area contributed by atoms with Gasteiger partial charge in [-0.2, -0.15) is 0 Å². The van der Waals surface area contributed by atoms with E-state index in [1.54, 1.807) is 19.2 Å². The van der Waals surface area contributed by atoms with Crippen molar-refractivity contribution in [3.63, 3.8) is 0 Å². The summed E-state index contributed by atoms with van der Waals surface area (Å²) in [5.41, 5.74) is 1.25. The van der Waals surface area contributed by atoms with Gasteiger partial charge in [0, 0.05) is 19.2 Å². The number of phenols is 1. The highest BCUT2D eigenvalue weighted by atomic mass is 16.5. The molecule has 18 heavy (non-hydrogen) atoms. The smallest absolute Gasteiger partial charge is 0.115 e. The van der Waals surface area contributed by atoms with Crippen molar-refractivity contribution in [2.75, 3.05) is 7.11 Å². The molecule has 3 atom stereocenters. The second-order valence-corrected chi connectivity index (χ2v) is 5.25. The van der Waals surface area contributed by atoms with Crippen LogP contribution in [0.3, 0.4) is 0 Å². The van der Waals surface area contributed by atoms with E-state index in [4.69, 9.17) is 4.74 Å². The van der Waals surface area contributed by atoms with Gasteiger partial charge in [0.25, 0.3) is 0 Å². The van der Waals surface area contributed by atoms with Gasteiger partial charge in [0.1, 0.15) is 5.75 Å². The van der Waals surface area contributed by atoms with Crippen LogP contribution in [-0.4, -0.2) is 30.4 Å². The number of aromatic hydroxyl groups is 1. The first kappa shape index (κ1) is 13.4. The summed E-state index contributed by atoms with van der Waals surface area (Å²) < 4.78 is 5.50. The molecule has 3 nitrogen and oxygen atoms in total. The molecule has 2 N–H and O–H groups in total. The third-order valence-electron chi connectivity index (χ3n) is 3.73. The number of ether oxygens (including phenoxy) is 1. The predicted molar refractivity (Wildman–Crippen MR) is 72.8 cm³/mol. The zero-order valence-electron chi connectivity index (χ0n) is 11.2. The fourth-order valence-electron chi connectivity index (χ4n) is 2.81. The molecule has 1 aliphatic carbocycles. The lowest BCUT2D eigenvalue weighted by molar-refractivity contribution is 0.0820. The average molecular weight is 249 g/mol. The van der Waals surface area contributed by atoms with Crippen LogP contribution in [-0.2, 0) is 11.2 Å². The number of methoxy groups -OCH3 is 1. The van der Waals surface area contributed by atoms with Crippen molar-refractivity contribution < 1.29 is 9.84 Å². The van der Waals surface area contributed by atoms with Gasteiger partial charge in [-0.15, -0.1) is 0 Å². The van der Waals surface area contributed by atoms with E-state index in [0.29, 0.717) is 23.9 Å². The van der Waals surface area contributed by atoms with Gasteiger partial charge >= 0.3 is 0 Å². The van der Waals surface area contributed by atoms with E-state index in [2.05, 4.69) is 12.2 Å². The third kappa shape index (κ3) is 3.47. The van der Waals surface area contributed by atoms with Gasteiger partial charge in [0.05, 0.1) is 6.10 Å². The van der Waals surface area contributed by atoms with Crippen molar-refractivity contribution in [1.29, 1.82) is 0 Å². The summed E-state index contributed by atoms with van der Waals surface area (Å²) >= 11 is 0. The van der Waals surface area contributed by atoms with Gasteiger partial charge in [0.15, 0.2) is 0 Å². The number of rotatable bonds is 5. The van der Waals surface area contributed by atoms with Crippen LogP contribution in [0, 0.1) is 0 Å².